The molecule has 0 aromatic carbocycles. The Kier molecular flexibility index (Phi) is 5.06. The standard InChI is InChI=1S/C10H11BrClF3N2/c1-2-17(4-3-11)9-8(12)5-7(6-16-9)10(13,14)15/h5-6H,2-4H2,1H3. The normalized spacial score (nSPS) is 11.6. The molecule has 1 aromatic rings. The van der Waals surface area contributed by atoms with Crippen molar-refractivity contribution in [2.45, 2.75) is 13.1 Å². The highest BCUT2D eigenvalue weighted by Crippen LogP contribution is 2.33. The molecular weight excluding hydrogens is 320 g/mol. The van der Waals surface area contributed by atoms with Gasteiger partial charge in [0.25, 0.3) is 0 Å². The lowest BCUT2D eigenvalue weighted by atomic mass is 10.2. The van der Waals surface area contributed by atoms with E-state index in [1.807, 2.05) is 6.92 Å². The molecule has 0 radical (unpaired) electrons. The molecule has 0 aliphatic rings. The Morgan fingerprint density at radius 2 is 2.12 bits per heavy atom. The van der Waals surface area contributed by atoms with Crippen molar-refractivity contribution >= 4 is 33.3 Å². The molecule has 1 aromatic heterocycles. The van der Waals surface area contributed by atoms with Crippen LogP contribution in [0.4, 0.5) is 19.0 Å². The molecule has 0 atom stereocenters. The van der Waals surface area contributed by atoms with Crippen molar-refractivity contribution in [3.05, 3.63) is 22.8 Å². The molecule has 0 saturated carbocycles. The highest BCUT2D eigenvalue weighted by molar-refractivity contribution is 9.09. The van der Waals surface area contributed by atoms with E-state index in [1.54, 1.807) is 4.90 Å². The summed E-state index contributed by atoms with van der Waals surface area (Å²) in [7, 11) is 0. The molecule has 0 saturated heterocycles. The zero-order valence-corrected chi connectivity index (χ0v) is 11.4. The first-order chi connectivity index (χ1) is 7.90. The summed E-state index contributed by atoms with van der Waals surface area (Å²) >= 11 is 9.09. The molecule has 0 aliphatic heterocycles. The Morgan fingerprint density at radius 3 is 2.53 bits per heavy atom. The fraction of sp³-hybridized carbons (Fsp3) is 0.500. The van der Waals surface area contributed by atoms with E-state index in [2.05, 4.69) is 20.9 Å². The minimum atomic E-state index is -4.42. The lowest BCUT2D eigenvalue weighted by Gasteiger charge is -2.22. The first-order valence-electron chi connectivity index (χ1n) is 4.93. The molecule has 0 bridgehead atoms. The Balaban J connectivity index is 3.04. The number of rotatable bonds is 4. The predicted octanol–water partition coefficient (Wildman–Crippen LogP) is 3.98. The van der Waals surface area contributed by atoms with E-state index in [9.17, 15) is 13.2 Å². The highest BCUT2D eigenvalue weighted by atomic mass is 79.9. The summed E-state index contributed by atoms with van der Waals surface area (Å²) in [4.78, 5) is 5.59. The van der Waals surface area contributed by atoms with Crippen LogP contribution in [-0.2, 0) is 6.18 Å². The van der Waals surface area contributed by atoms with Crippen molar-refractivity contribution in [2.24, 2.45) is 0 Å². The van der Waals surface area contributed by atoms with Gasteiger partial charge in [0.1, 0.15) is 5.82 Å². The van der Waals surface area contributed by atoms with Gasteiger partial charge in [-0.3, -0.25) is 0 Å². The van der Waals surface area contributed by atoms with Gasteiger partial charge < -0.3 is 4.90 Å². The number of hydrogen-bond donors (Lipinski definition) is 0. The maximum Gasteiger partial charge on any atom is 0.417 e. The van der Waals surface area contributed by atoms with Gasteiger partial charge in [-0.15, -0.1) is 0 Å². The number of halogens is 5. The number of hydrogen-bond acceptors (Lipinski definition) is 2. The first-order valence-corrected chi connectivity index (χ1v) is 6.43. The average Bonchev–Trinajstić information content (AvgIpc) is 2.25. The molecule has 2 nitrogen and oxygen atoms in total. The molecule has 1 rings (SSSR count). The van der Waals surface area contributed by atoms with Gasteiger partial charge in [0.15, 0.2) is 0 Å². The second-order valence-corrected chi connectivity index (χ2v) is 4.50. The van der Waals surface area contributed by atoms with E-state index in [1.165, 1.54) is 0 Å². The fourth-order valence-corrected chi connectivity index (χ4v) is 2.05. The molecule has 0 N–H and O–H groups in total. The Bertz CT molecular complexity index is 384. The van der Waals surface area contributed by atoms with Crippen LogP contribution >= 0.6 is 27.5 Å². The van der Waals surface area contributed by atoms with E-state index >= 15 is 0 Å². The number of aromatic nitrogens is 1. The van der Waals surface area contributed by atoms with Gasteiger partial charge >= 0.3 is 6.18 Å². The van der Waals surface area contributed by atoms with Gasteiger partial charge in [0.2, 0.25) is 0 Å². The van der Waals surface area contributed by atoms with Crippen molar-refractivity contribution in [2.75, 3.05) is 23.3 Å². The third kappa shape index (κ3) is 3.74. The summed E-state index contributed by atoms with van der Waals surface area (Å²) in [6.45, 7) is 3.15. The molecule has 0 fully saturated rings. The Morgan fingerprint density at radius 1 is 1.47 bits per heavy atom. The SMILES string of the molecule is CCN(CCBr)c1ncc(C(F)(F)F)cc1Cl. The summed E-state index contributed by atoms with van der Waals surface area (Å²) in [5, 5.41) is 0.711. The lowest BCUT2D eigenvalue weighted by molar-refractivity contribution is -0.137. The zero-order chi connectivity index (χ0) is 13.1. The van der Waals surface area contributed by atoms with Crippen LogP contribution in [0.5, 0.6) is 0 Å². The van der Waals surface area contributed by atoms with Crippen LogP contribution in [0, 0.1) is 0 Å². The quantitative estimate of drug-likeness (QED) is 0.776. The van der Waals surface area contributed by atoms with Crippen LogP contribution in [0.2, 0.25) is 5.02 Å². The van der Waals surface area contributed by atoms with Gasteiger partial charge in [-0.05, 0) is 13.0 Å². The third-order valence-electron chi connectivity index (χ3n) is 2.18. The molecule has 1 heterocycles. The van der Waals surface area contributed by atoms with Crippen LogP contribution in [0.1, 0.15) is 12.5 Å². The van der Waals surface area contributed by atoms with Crippen molar-refractivity contribution in [3.63, 3.8) is 0 Å². The van der Waals surface area contributed by atoms with Crippen LogP contribution in [0.25, 0.3) is 0 Å². The second kappa shape index (κ2) is 5.91. The summed E-state index contributed by atoms with van der Waals surface area (Å²) < 4.78 is 37.2. The molecular formula is C10H11BrClF3N2. The average molecular weight is 332 g/mol. The summed E-state index contributed by atoms with van der Waals surface area (Å²) in [5.74, 6) is 0.376. The van der Waals surface area contributed by atoms with Crippen molar-refractivity contribution in [3.8, 4) is 0 Å². The minimum absolute atomic E-state index is 0.0163. The van der Waals surface area contributed by atoms with Gasteiger partial charge in [-0.2, -0.15) is 13.2 Å². The fourth-order valence-electron chi connectivity index (χ4n) is 1.33. The van der Waals surface area contributed by atoms with E-state index in [-0.39, 0.29) is 5.02 Å². The summed E-state index contributed by atoms with van der Waals surface area (Å²) in [6, 6.07) is 0.904. The number of pyridine rings is 1. The monoisotopic (exact) mass is 330 g/mol. The largest absolute Gasteiger partial charge is 0.417 e. The van der Waals surface area contributed by atoms with Crippen LogP contribution < -0.4 is 4.90 Å². The Labute approximate surface area is 111 Å². The number of alkyl halides is 4. The van der Waals surface area contributed by atoms with E-state index < -0.39 is 11.7 Å². The van der Waals surface area contributed by atoms with Crippen molar-refractivity contribution in [1.29, 1.82) is 0 Å². The van der Waals surface area contributed by atoms with E-state index in [0.717, 1.165) is 12.3 Å². The molecule has 0 aliphatic carbocycles. The third-order valence-corrected chi connectivity index (χ3v) is 2.82. The van der Waals surface area contributed by atoms with Gasteiger partial charge in [0, 0.05) is 24.6 Å². The topological polar surface area (TPSA) is 16.1 Å². The highest BCUT2D eigenvalue weighted by Gasteiger charge is 2.31. The Hall–Kier alpha value is -0.490. The molecule has 7 heteroatoms. The van der Waals surface area contributed by atoms with Gasteiger partial charge in [0.05, 0.1) is 10.6 Å². The predicted molar refractivity (Wildman–Crippen MR) is 65.9 cm³/mol. The molecule has 96 valence electrons. The maximum atomic E-state index is 12.4. The maximum absolute atomic E-state index is 12.4. The number of nitrogens with zero attached hydrogens (tertiary/aromatic N) is 2. The zero-order valence-electron chi connectivity index (χ0n) is 9.06. The van der Waals surface area contributed by atoms with Crippen molar-refractivity contribution in [1.82, 2.24) is 4.98 Å². The first kappa shape index (κ1) is 14.6. The lowest BCUT2D eigenvalue weighted by Crippen LogP contribution is -2.26. The van der Waals surface area contributed by atoms with E-state index in [0.29, 0.717) is 24.2 Å². The molecule has 0 unspecified atom stereocenters. The molecule has 17 heavy (non-hydrogen) atoms. The van der Waals surface area contributed by atoms with Crippen LogP contribution in [0.15, 0.2) is 12.3 Å². The smallest absolute Gasteiger partial charge is 0.355 e. The van der Waals surface area contributed by atoms with Gasteiger partial charge in [-0.25, -0.2) is 4.98 Å². The van der Waals surface area contributed by atoms with Gasteiger partial charge in [-0.1, -0.05) is 27.5 Å². The van der Waals surface area contributed by atoms with Crippen LogP contribution in [0.3, 0.4) is 0 Å². The minimum Gasteiger partial charge on any atom is -0.355 e. The van der Waals surface area contributed by atoms with E-state index in [4.69, 9.17) is 11.6 Å². The van der Waals surface area contributed by atoms with Crippen molar-refractivity contribution < 1.29 is 13.2 Å². The second-order valence-electron chi connectivity index (χ2n) is 3.30. The number of anilines is 1. The molecule has 0 amide bonds. The summed E-state index contributed by atoms with van der Waals surface area (Å²) in [6.07, 6.45) is -3.61. The van der Waals surface area contributed by atoms with Crippen LogP contribution in [-0.4, -0.2) is 23.4 Å². The summed E-state index contributed by atoms with van der Waals surface area (Å²) in [5.41, 5.74) is -0.832. The molecule has 0 spiro atoms.